The highest BCUT2D eigenvalue weighted by Gasteiger charge is 2.24. The second-order valence-electron chi connectivity index (χ2n) is 6.95. The van der Waals surface area contributed by atoms with Crippen LogP contribution < -0.4 is 14.9 Å². The molecule has 0 spiro atoms. The van der Waals surface area contributed by atoms with Gasteiger partial charge in [0.25, 0.3) is 0 Å². The predicted octanol–water partition coefficient (Wildman–Crippen LogP) is -0.108. The van der Waals surface area contributed by atoms with E-state index in [9.17, 15) is 8.42 Å². The molecule has 1 aromatic rings. The molecule has 0 bridgehead atoms. The van der Waals surface area contributed by atoms with Gasteiger partial charge in [-0.1, -0.05) is 0 Å². The molecule has 0 atom stereocenters. The van der Waals surface area contributed by atoms with Gasteiger partial charge in [-0.05, 0) is 26.8 Å². The lowest BCUT2D eigenvalue weighted by molar-refractivity contribution is 0.367. The first-order valence-electron chi connectivity index (χ1n) is 8.74. The number of aliphatic imine (C=N–C) groups is 1. The van der Waals surface area contributed by atoms with E-state index in [1.165, 1.54) is 0 Å². The number of rotatable bonds is 6. The van der Waals surface area contributed by atoms with Gasteiger partial charge in [-0.25, -0.2) is 23.1 Å². The summed E-state index contributed by atoms with van der Waals surface area (Å²) in [5.74, 6) is 1.54. The molecule has 10 heteroatoms. The molecule has 1 saturated heterocycles. The molecule has 26 heavy (non-hydrogen) atoms. The fourth-order valence-corrected chi connectivity index (χ4v) is 3.87. The molecule has 146 valence electrons. The van der Waals surface area contributed by atoms with Gasteiger partial charge >= 0.3 is 0 Å². The SMILES string of the molecule is CCNC(=NCC(C)(C)NS(C)(=O)=O)N1CCN(c2ncccn2)CC1. The molecule has 1 aliphatic heterocycles. The van der Waals surface area contributed by atoms with Crippen LogP contribution in [-0.4, -0.2) is 80.3 Å². The average Bonchev–Trinajstić information content (AvgIpc) is 2.57. The van der Waals surface area contributed by atoms with Gasteiger partial charge in [0, 0.05) is 50.7 Å². The molecule has 0 radical (unpaired) electrons. The zero-order valence-corrected chi connectivity index (χ0v) is 16.8. The quantitative estimate of drug-likeness (QED) is 0.522. The van der Waals surface area contributed by atoms with Crippen molar-refractivity contribution in [1.29, 1.82) is 0 Å². The minimum absolute atomic E-state index is 0.352. The molecule has 0 amide bonds. The predicted molar refractivity (Wildman–Crippen MR) is 104 cm³/mol. The summed E-state index contributed by atoms with van der Waals surface area (Å²) in [5, 5.41) is 3.29. The van der Waals surface area contributed by atoms with Crippen LogP contribution in [0.15, 0.2) is 23.5 Å². The molecule has 1 aromatic heterocycles. The van der Waals surface area contributed by atoms with E-state index in [1.54, 1.807) is 12.4 Å². The highest BCUT2D eigenvalue weighted by molar-refractivity contribution is 7.88. The summed E-state index contributed by atoms with van der Waals surface area (Å²) in [5.41, 5.74) is -0.645. The lowest BCUT2D eigenvalue weighted by atomic mass is 10.1. The van der Waals surface area contributed by atoms with E-state index in [0.29, 0.717) is 6.54 Å². The smallest absolute Gasteiger partial charge is 0.225 e. The summed E-state index contributed by atoms with van der Waals surface area (Å²) in [6.07, 6.45) is 4.66. The Balaban J connectivity index is 1.99. The second-order valence-corrected chi connectivity index (χ2v) is 8.70. The van der Waals surface area contributed by atoms with Crippen molar-refractivity contribution in [2.45, 2.75) is 26.3 Å². The molecule has 0 aromatic carbocycles. The summed E-state index contributed by atoms with van der Waals surface area (Å²) in [6, 6.07) is 1.81. The van der Waals surface area contributed by atoms with Crippen LogP contribution in [0.4, 0.5) is 5.95 Å². The number of anilines is 1. The van der Waals surface area contributed by atoms with Crippen molar-refractivity contribution < 1.29 is 8.42 Å². The molecule has 0 aliphatic carbocycles. The number of aromatic nitrogens is 2. The molecule has 2 rings (SSSR count). The number of nitrogens with zero attached hydrogens (tertiary/aromatic N) is 5. The van der Waals surface area contributed by atoms with E-state index >= 15 is 0 Å². The largest absolute Gasteiger partial charge is 0.357 e. The topological polar surface area (TPSA) is 103 Å². The summed E-state index contributed by atoms with van der Waals surface area (Å²) >= 11 is 0. The van der Waals surface area contributed by atoms with E-state index in [-0.39, 0.29) is 0 Å². The van der Waals surface area contributed by atoms with E-state index < -0.39 is 15.6 Å². The van der Waals surface area contributed by atoms with Gasteiger partial charge in [-0.2, -0.15) is 0 Å². The van der Waals surface area contributed by atoms with Crippen molar-refractivity contribution >= 4 is 21.9 Å². The Labute approximate surface area is 156 Å². The second kappa shape index (κ2) is 8.63. The fourth-order valence-electron chi connectivity index (χ4n) is 2.81. The highest BCUT2D eigenvalue weighted by Crippen LogP contribution is 2.11. The minimum Gasteiger partial charge on any atom is -0.357 e. The lowest BCUT2D eigenvalue weighted by Gasteiger charge is -2.36. The Morgan fingerprint density at radius 1 is 1.23 bits per heavy atom. The third-order valence-electron chi connectivity index (χ3n) is 3.83. The van der Waals surface area contributed by atoms with Gasteiger partial charge < -0.3 is 15.1 Å². The third-order valence-corrected chi connectivity index (χ3v) is 4.76. The molecule has 2 N–H and O–H groups in total. The van der Waals surface area contributed by atoms with E-state index in [4.69, 9.17) is 0 Å². The Morgan fingerprint density at radius 2 is 1.85 bits per heavy atom. The summed E-state index contributed by atoms with van der Waals surface area (Å²) < 4.78 is 25.6. The van der Waals surface area contributed by atoms with Gasteiger partial charge in [0.15, 0.2) is 5.96 Å². The zero-order valence-electron chi connectivity index (χ0n) is 15.9. The number of hydrogen-bond acceptors (Lipinski definition) is 6. The van der Waals surface area contributed by atoms with Gasteiger partial charge in [0.2, 0.25) is 16.0 Å². The first-order chi connectivity index (χ1) is 12.2. The Morgan fingerprint density at radius 3 is 2.38 bits per heavy atom. The molecule has 9 nitrogen and oxygen atoms in total. The number of guanidine groups is 1. The number of piperazine rings is 1. The normalized spacial score (nSPS) is 16.7. The average molecular weight is 384 g/mol. The summed E-state index contributed by atoms with van der Waals surface area (Å²) in [7, 11) is -3.28. The Hall–Kier alpha value is -1.94. The van der Waals surface area contributed by atoms with Crippen LogP contribution in [0, 0.1) is 0 Å². The third kappa shape index (κ3) is 6.41. The summed E-state index contributed by atoms with van der Waals surface area (Å²) in [6.45, 7) is 9.97. The van der Waals surface area contributed by atoms with Gasteiger partial charge in [-0.3, -0.25) is 4.99 Å². The van der Waals surface area contributed by atoms with Gasteiger partial charge in [0.1, 0.15) is 0 Å². The van der Waals surface area contributed by atoms with Crippen LogP contribution >= 0.6 is 0 Å². The molecule has 1 aliphatic rings. The standard InChI is InChI=1S/C16H29N7O2S/c1-5-17-14(20-13-16(2,3)21-26(4,24)25)22-9-11-23(12-10-22)15-18-7-6-8-19-15/h6-8,21H,5,9-13H2,1-4H3,(H,17,20). The maximum atomic E-state index is 11.5. The van der Waals surface area contributed by atoms with Crippen molar-refractivity contribution in [1.82, 2.24) is 24.9 Å². The number of nitrogens with one attached hydrogen (secondary N) is 2. The maximum Gasteiger partial charge on any atom is 0.225 e. The Bertz CT molecular complexity index is 699. The first-order valence-corrected chi connectivity index (χ1v) is 10.6. The monoisotopic (exact) mass is 383 g/mol. The lowest BCUT2D eigenvalue weighted by Crippen LogP contribution is -2.53. The fraction of sp³-hybridized carbons (Fsp3) is 0.688. The van der Waals surface area contributed by atoms with Crippen LogP contribution in [0.5, 0.6) is 0 Å². The highest BCUT2D eigenvalue weighted by atomic mass is 32.2. The maximum absolute atomic E-state index is 11.5. The van der Waals surface area contributed by atoms with E-state index in [1.807, 2.05) is 26.8 Å². The first kappa shape index (κ1) is 20.4. The van der Waals surface area contributed by atoms with Crippen molar-refractivity contribution in [2.24, 2.45) is 4.99 Å². The van der Waals surface area contributed by atoms with Crippen LogP contribution in [0.2, 0.25) is 0 Å². The minimum atomic E-state index is -3.28. The van der Waals surface area contributed by atoms with Crippen LogP contribution in [0.3, 0.4) is 0 Å². The van der Waals surface area contributed by atoms with Crippen molar-refractivity contribution in [3.05, 3.63) is 18.5 Å². The van der Waals surface area contributed by atoms with Crippen LogP contribution in [0.1, 0.15) is 20.8 Å². The van der Waals surface area contributed by atoms with E-state index in [0.717, 1.165) is 50.9 Å². The van der Waals surface area contributed by atoms with Gasteiger partial charge in [0.05, 0.1) is 12.8 Å². The Kier molecular flexibility index (Phi) is 6.76. The number of hydrogen-bond donors (Lipinski definition) is 2. The molecular weight excluding hydrogens is 354 g/mol. The molecule has 0 saturated carbocycles. The molecule has 0 unspecified atom stereocenters. The molecule has 1 fully saturated rings. The van der Waals surface area contributed by atoms with Crippen molar-refractivity contribution in [3.63, 3.8) is 0 Å². The molecular formula is C16H29N7O2S. The molecule has 2 heterocycles. The van der Waals surface area contributed by atoms with Crippen molar-refractivity contribution in [3.8, 4) is 0 Å². The summed E-state index contributed by atoms with van der Waals surface area (Å²) in [4.78, 5) is 17.6. The number of sulfonamides is 1. The van der Waals surface area contributed by atoms with E-state index in [2.05, 4.69) is 34.8 Å². The van der Waals surface area contributed by atoms with Gasteiger partial charge in [-0.15, -0.1) is 0 Å². The zero-order chi connectivity index (χ0) is 19.2. The van der Waals surface area contributed by atoms with Crippen LogP contribution in [0.25, 0.3) is 0 Å². The van der Waals surface area contributed by atoms with Crippen LogP contribution in [-0.2, 0) is 10.0 Å². The van der Waals surface area contributed by atoms with Crippen molar-refractivity contribution in [2.75, 3.05) is 50.4 Å².